The van der Waals surface area contributed by atoms with E-state index >= 15 is 0 Å². The predicted octanol–water partition coefficient (Wildman–Crippen LogP) is -0.719. The van der Waals surface area contributed by atoms with Gasteiger partial charge in [-0.05, 0) is 13.8 Å². The smallest absolute Gasteiger partial charge is 0.422 e. The molecule has 0 fully saturated rings. The van der Waals surface area contributed by atoms with Crippen LogP contribution in [0.15, 0.2) is 0 Å². The van der Waals surface area contributed by atoms with Crippen molar-refractivity contribution < 1.29 is 17.9 Å². The van der Waals surface area contributed by atoms with Gasteiger partial charge in [-0.25, -0.2) is 9.52 Å². The Kier molecular flexibility index (Phi) is 5.75. The molecule has 0 atom stereocenters. The lowest BCUT2D eigenvalue weighted by Crippen LogP contribution is -2.42. The minimum absolute atomic E-state index is 0.0559. The lowest BCUT2D eigenvalue weighted by atomic mass is 10.4. The summed E-state index contributed by atoms with van der Waals surface area (Å²) in [6.07, 6.45) is -1.39. The van der Waals surface area contributed by atoms with E-state index in [2.05, 4.69) is 4.74 Å². The van der Waals surface area contributed by atoms with Gasteiger partial charge in [0.1, 0.15) is 0 Å². The second-order valence-electron chi connectivity index (χ2n) is 3.23. The van der Waals surface area contributed by atoms with Gasteiger partial charge in [0, 0.05) is 13.0 Å². The summed E-state index contributed by atoms with van der Waals surface area (Å²) in [6, 6.07) is 0. The van der Waals surface area contributed by atoms with Crippen LogP contribution < -0.4 is 15.2 Å². The minimum atomic E-state index is -3.95. The van der Waals surface area contributed by atoms with E-state index in [0.29, 0.717) is 0 Å². The van der Waals surface area contributed by atoms with E-state index in [-0.39, 0.29) is 18.8 Å². The van der Waals surface area contributed by atoms with Crippen LogP contribution >= 0.6 is 0 Å². The summed E-state index contributed by atoms with van der Waals surface area (Å²) in [7, 11) is -3.95. The first-order valence-electron chi connectivity index (χ1n) is 4.54. The highest BCUT2D eigenvalue weighted by Crippen LogP contribution is 1.90. The third-order valence-corrected chi connectivity index (χ3v) is 2.27. The summed E-state index contributed by atoms with van der Waals surface area (Å²) < 4.78 is 30.6. The Labute approximate surface area is 94.2 Å². The van der Waals surface area contributed by atoms with Crippen LogP contribution in [0.5, 0.6) is 0 Å². The molecule has 9 heteroatoms. The Balaban J connectivity index is 4.05. The van der Waals surface area contributed by atoms with Crippen molar-refractivity contribution in [2.24, 2.45) is 5.73 Å². The second kappa shape index (κ2) is 6.28. The summed E-state index contributed by atoms with van der Waals surface area (Å²) in [5.41, 5.74) is 5.03. The summed E-state index contributed by atoms with van der Waals surface area (Å²) in [4.78, 5) is 10.9. The maximum Gasteiger partial charge on any atom is 0.422 e. The quantitative estimate of drug-likeness (QED) is 0.365. The Hall–Kier alpha value is -1.35. The third-order valence-electron chi connectivity index (χ3n) is 1.25. The third kappa shape index (κ3) is 8.00. The van der Waals surface area contributed by atoms with Gasteiger partial charge >= 0.3 is 16.3 Å². The fourth-order valence-corrected chi connectivity index (χ4v) is 1.41. The van der Waals surface area contributed by atoms with Crippen molar-refractivity contribution in [3.8, 4) is 0 Å². The largest absolute Gasteiger partial charge is 0.446 e. The lowest BCUT2D eigenvalue weighted by Gasteiger charge is -2.10. The van der Waals surface area contributed by atoms with Crippen molar-refractivity contribution in [1.29, 1.82) is 5.41 Å². The van der Waals surface area contributed by atoms with Gasteiger partial charge in [-0.15, -0.1) is 0 Å². The van der Waals surface area contributed by atoms with Gasteiger partial charge in [-0.3, -0.25) is 5.41 Å². The van der Waals surface area contributed by atoms with Gasteiger partial charge in [0.05, 0.1) is 11.9 Å². The van der Waals surface area contributed by atoms with Crippen LogP contribution in [-0.4, -0.2) is 33.0 Å². The molecule has 0 aliphatic heterocycles. The minimum Gasteiger partial charge on any atom is -0.446 e. The molecular formula is C7H16N4O4S. The zero-order chi connectivity index (χ0) is 12.8. The fourth-order valence-electron chi connectivity index (χ4n) is 0.704. The number of carbonyl (C=O) groups excluding carboxylic acids is 1. The Morgan fingerprint density at radius 2 is 2.06 bits per heavy atom. The van der Waals surface area contributed by atoms with Crippen molar-refractivity contribution in [1.82, 2.24) is 9.44 Å². The first kappa shape index (κ1) is 14.6. The molecule has 0 radical (unpaired) electrons. The number of carbonyl (C=O) groups is 1. The molecule has 5 N–H and O–H groups in total. The molecule has 0 saturated heterocycles. The van der Waals surface area contributed by atoms with E-state index in [9.17, 15) is 13.2 Å². The number of amidine groups is 1. The molecule has 8 nitrogen and oxygen atoms in total. The number of hydrogen-bond donors (Lipinski definition) is 4. The van der Waals surface area contributed by atoms with Crippen molar-refractivity contribution in [2.75, 3.05) is 6.54 Å². The van der Waals surface area contributed by atoms with E-state index in [1.54, 1.807) is 18.6 Å². The van der Waals surface area contributed by atoms with Crippen LogP contribution in [0.1, 0.15) is 20.3 Å². The summed E-state index contributed by atoms with van der Waals surface area (Å²) in [5.74, 6) is -0.146. The van der Waals surface area contributed by atoms with E-state index < -0.39 is 22.4 Å². The van der Waals surface area contributed by atoms with Crippen LogP contribution in [0.25, 0.3) is 0 Å². The number of ether oxygens (including phenoxy) is 1. The van der Waals surface area contributed by atoms with E-state index in [1.165, 1.54) is 0 Å². The molecule has 1 amide bonds. The maximum atomic E-state index is 11.2. The van der Waals surface area contributed by atoms with Crippen molar-refractivity contribution >= 4 is 22.1 Å². The first-order valence-corrected chi connectivity index (χ1v) is 6.02. The molecule has 0 spiro atoms. The number of rotatable bonds is 6. The number of amides is 1. The summed E-state index contributed by atoms with van der Waals surface area (Å²) in [6.45, 7) is 3.13. The molecule has 16 heavy (non-hydrogen) atoms. The molecule has 0 aliphatic carbocycles. The standard InChI is InChI=1S/C7H16N4O4S/c1-5(2)15-7(12)11-16(13,14)10-4-3-6(8)9/h5,10H,3-4H2,1-2H3,(H3,8,9)(H,11,12). The van der Waals surface area contributed by atoms with Gasteiger partial charge in [0.25, 0.3) is 0 Å². The zero-order valence-electron chi connectivity index (χ0n) is 9.11. The molecule has 0 aromatic carbocycles. The average Bonchev–Trinajstić information content (AvgIpc) is 1.98. The van der Waals surface area contributed by atoms with Gasteiger partial charge in [0.2, 0.25) is 0 Å². The number of hydrogen-bond acceptors (Lipinski definition) is 5. The molecule has 0 aliphatic rings. The molecule has 0 saturated carbocycles. The summed E-state index contributed by atoms with van der Waals surface area (Å²) >= 11 is 0. The van der Waals surface area contributed by atoms with Crippen molar-refractivity contribution in [2.45, 2.75) is 26.4 Å². The number of nitrogens with one attached hydrogen (secondary N) is 3. The SMILES string of the molecule is CC(C)OC(=O)NS(=O)(=O)NCCC(=N)N. The van der Waals surface area contributed by atoms with Crippen LogP contribution in [-0.2, 0) is 14.9 Å². The zero-order valence-corrected chi connectivity index (χ0v) is 9.93. The summed E-state index contributed by atoms with van der Waals surface area (Å²) in [5, 5.41) is 6.87. The molecule has 0 aromatic heterocycles. The van der Waals surface area contributed by atoms with Crippen LogP contribution in [0.2, 0.25) is 0 Å². The highest BCUT2D eigenvalue weighted by molar-refractivity contribution is 7.88. The molecule has 0 heterocycles. The van der Waals surface area contributed by atoms with Gasteiger partial charge in [-0.1, -0.05) is 0 Å². The maximum absolute atomic E-state index is 11.2. The molecular weight excluding hydrogens is 236 g/mol. The Bertz CT molecular complexity index is 351. The molecule has 0 bridgehead atoms. The fraction of sp³-hybridized carbons (Fsp3) is 0.714. The number of nitrogens with two attached hydrogens (primary N) is 1. The monoisotopic (exact) mass is 252 g/mol. The van der Waals surface area contributed by atoms with Crippen LogP contribution in [0, 0.1) is 5.41 Å². The Morgan fingerprint density at radius 1 is 1.50 bits per heavy atom. The van der Waals surface area contributed by atoms with Crippen LogP contribution in [0.3, 0.4) is 0 Å². The van der Waals surface area contributed by atoms with Crippen molar-refractivity contribution in [3.63, 3.8) is 0 Å². The van der Waals surface area contributed by atoms with Gasteiger partial charge in [0.15, 0.2) is 0 Å². The molecule has 0 unspecified atom stereocenters. The molecule has 0 aromatic rings. The van der Waals surface area contributed by atoms with E-state index in [0.717, 1.165) is 0 Å². The first-order chi connectivity index (χ1) is 7.23. The van der Waals surface area contributed by atoms with Gasteiger partial charge in [-0.2, -0.15) is 13.1 Å². The lowest BCUT2D eigenvalue weighted by molar-refractivity contribution is 0.121. The highest BCUT2D eigenvalue weighted by atomic mass is 32.2. The molecule has 0 rings (SSSR count). The predicted molar refractivity (Wildman–Crippen MR) is 58.2 cm³/mol. The average molecular weight is 252 g/mol. The van der Waals surface area contributed by atoms with Gasteiger partial charge < -0.3 is 10.5 Å². The van der Waals surface area contributed by atoms with Crippen molar-refractivity contribution in [3.05, 3.63) is 0 Å². The second-order valence-corrected chi connectivity index (χ2v) is 4.73. The van der Waals surface area contributed by atoms with Crippen LogP contribution in [0.4, 0.5) is 4.79 Å². The highest BCUT2D eigenvalue weighted by Gasteiger charge is 2.15. The normalized spacial score (nSPS) is 11.2. The topological polar surface area (TPSA) is 134 Å². The Morgan fingerprint density at radius 3 is 2.50 bits per heavy atom. The van der Waals surface area contributed by atoms with E-state index in [4.69, 9.17) is 11.1 Å². The molecule has 94 valence electrons. The van der Waals surface area contributed by atoms with E-state index in [1.807, 2.05) is 4.72 Å².